The van der Waals surface area contributed by atoms with Crippen molar-refractivity contribution in [2.45, 2.75) is 19.3 Å². The van der Waals surface area contributed by atoms with Gasteiger partial charge in [0.1, 0.15) is 11.5 Å². The van der Waals surface area contributed by atoms with Crippen LogP contribution in [-0.4, -0.2) is 27.3 Å². The van der Waals surface area contributed by atoms with E-state index in [0.29, 0.717) is 0 Å². The van der Waals surface area contributed by atoms with Gasteiger partial charge in [-0.2, -0.15) is 0 Å². The zero-order valence-electron chi connectivity index (χ0n) is 10.7. The Morgan fingerprint density at radius 3 is 2.18 bits per heavy atom. The highest BCUT2D eigenvalue weighted by atomic mass is 16.5. The third kappa shape index (κ3) is 3.37. The molecule has 1 aromatic carbocycles. The first kappa shape index (κ1) is 12.2. The number of ether oxygens (including phenoxy) is 2. The summed E-state index contributed by atoms with van der Waals surface area (Å²) < 4.78 is 10.6. The summed E-state index contributed by atoms with van der Waals surface area (Å²) in [5.41, 5.74) is 1.31. The number of nitrogens with one attached hydrogen (secondary N) is 1. The molecule has 3 nitrogen and oxygen atoms in total. The molecule has 1 aliphatic rings. The number of hydrogen-bond donors (Lipinski definition) is 1. The van der Waals surface area contributed by atoms with Gasteiger partial charge >= 0.3 is 0 Å². The summed E-state index contributed by atoms with van der Waals surface area (Å²) in [6, 6.07) is 6.15. The highest BCUT2D eigenvalue weighted by molar-refractivity contribution is 5.38. The molecular weight excluding hydrogens is 214 g/mol. The van der Waals surface area contributed by atoms with Crippen LogP contribution >= 0.6 is 0 Å². The van der Waals surface area contributed by atoms with Gasteiger partial charge in [-0.1, -0.05) is 0 Å². The Labute approximate surface area is 103 Å². The first-order chi connectivity index (χ1) is 8.31. The van der Waals surface area contributed by atoms with E-state index in [9.17, 15) is 0 Å². The molecule has 0 aliphatic carbocycles. The van der Waals surface area contributed by atoms with Crippen LogP contribution in [0.15, 0.2) is 18.2 Å². The topological polar surface area (TPSA) is 30.5 Å². The van der Waals surface area contributed by atoms with E-state index in [0.717, 1.165) is 36.9 Å². The molecule has 0 saturated carbocycles. The summed E-state index contributed by atoms with van der Waals surface area (Å²) in [6.07, 6.45) is 3.65. The molecule has 1 fully saturated rings. The van der Waals surface area contributed by atoms with E-state index in [2.05, 4.69) is 17.4 Å². The van der Waals surface area contributed by atoms with E-state index in [4.69, 9.17) is 9.47 Å². The molecule has 0 spiro atoms. The Morgan fingerprint density at radius 1 is 1.06 bits per heavy atom. The van der Waals surface area contributed by atoms with Crippen LogP contribution in [0.3, 0.4) is 0 Å². The molecule has 0 aromatic heterocycles. The van der Waals surface area contributed by atoms with E-state index in [1.54, 1.807) is 14.2 Å². The zero-order valence-corrected chi connectivity index (χ0v) is 10.7. The average Bonchev–Trinajstić information content (AvgIpc) is 2.39. The minimum Gasteiger partial charge on any atom is -0.497 e. The quantitative estimate of drug-likeness (QED) is 0.868. The van der Waals surface area contributed by atoms with E-state index in [1.807, 2.05) is 6.07 Å². The zero-order chi connectivity index (χ0) is 12.1. The van der Waals surface area contributed by atoms with Crippen LogP contribution in [0.1, 0.15) is 18.4 Å². The lowest BCUT2D eigenvalue weighted by atomic mass is 9.91. The van der Waals surface area contributed by atoms with Crippen LogP contribution in [0.4, 0.5) is 0 Å². The monoisotopic (exact) mass is 235 g/mol. The summed E-state index contributed by atoms with van der Waals surface area (Å²) in [6.45, 7) is 2.29. The van der Waals surface area contributed by atoms with Crippen molar-refractivity contribution in [2.24, 2.45) is 5.92 Å². The van der Waals surface area contributed by atoms with Gasteiger partial charge in [-0.05, 0) is 56.0 Å². The molecule has 2 rings (SSSR count). The highest BCUT2D eigenvalue weighted by Crippen LogP contribution is 2.26. The molecule has 0 radical (unpaired) electrons. The third-order valence-corrected chi connectivity index (χ3v) is 3.39. The lowest BCUT2D eigenvalue weighted by molar-refractivity contribution is 0.368. The fraction of sp³-hybridized carbons (Fsp3) is 0.571. The molecule has 0 bridgehead atoms. The standard InChI is InChI=1S/C14H21NO2/c1-16-13-8-12(9-14(10-13)17-2)7-11-3-5-15-6-4-11/h8-11,15H,3-7H2,1-2H3. The van der Waals surface area contributed by atoms with Crippen molar-refractivity contribution in [2.75, 3.05) is 27.3 Å². The summed E-state index contributed by atoms with van der Waals surface area (Å²) in [7, 11) is 3.40. The largest absolute Gasteiger partial charge is 0.497 e. The van der Waals surface area contributed by atoms with Gasteiger partial charge in [0.05, 0.1) is 14.2 Å². The maximum absolute atomic E-state index is 5.29. The van der Waals surface area contributed by atoms with Crippen molar-refractivity contribution in [3.8, 4) is 11.5 Å². The Kier molecular flexibility index (Phi) is 4.26. The molecule has 1 aromatic rings. The fourth-order valence-electron chi connectivity index (χ4n) is 2.40. The summed E-state index contributed by atoms with van der Waals surface area (Å²) in [5.74, 6) is 2.55. The average molecular weight is 235 g/mol. The van der Waals surface area contributed by atoms with Crippen LogP contribution in [0.25, 0.3) is 0 Å². The molecule has 3 heteroatoms. The van der Waals surface area contributed by atoms with Crippen molar-refractivity contribution < 1.29 is 9.47 Å². The van der Waals surface area contributed by atoms with Crippen LogP contribution < -0.4 is 14.8 Å². The predicted molar refractivity (Wildman–Crippen MR) is 68.8 cm³/mol. The van der Waals surface area contributed by atoms with Gasteiger partial charge < -0.3 is 14.8 Å². The van der Waals surface area contributed by atoms with Crippen LogP contribution in [0, 0.1) is 5.92 Å². The van der Waals surface area contributed by atoms with Crippen molar-refractivity contribution >= 4 is 0 Å². The molecular formula is C14H21NO2. The van der Waals surface area contributed by atoms with Crippen LogP contribution in [0.2, 0.25) is 0 Å². The van der Waals surface area contributed by atoms with Crippen LogP contribution in [-0.2, 0) is 6.42 Å². The predicted octanol–water partition coefficient (Wildman–Crippen LogP) is 2.25. The Morgan fingerprint density at radius 2 is 1.65 bits per heavy atom. The molecule has 94 valence electrons. The van der Waals surface area contributed by atoms with E-state index in [-0.39, 0.29) is 0 Å². The minimum atomic E-state index is 0.785. The first-order valence-electron chi connectivity index (χ1n) is 6.24. The van der Waals surface area contributed by atoms with Crippen LogP contribution in [0.5, 0.6) is 11.5 Å². The van der Waals surface area contributed by atoms with Gasteiger partial charge in [-0.15, -0.1) is 0 Å². The second-order valence-corrected chi connectivity index (χ2v) is 4.62. The number of hydrogen-bond acceptors (Lipinski definition) is 3. The van der Waals surface area contributed by atoms with E-state index >= 15 is 0 Å². The normalized spacial score (nSPS) is 16.8. The van der Waals surface area contributed by atoms with Crippen molar-refractivity contribution in [1.29, 1.82) is 0 Å². The first-order valence-corrected chi connectivity index (χ1v) is 6.24. The maximum atomic E-state index is 5.29. The lowest BCUT2D eigenvalue weighted by Crippen LogP contribution is -2.28. The summed E-state index contributed by atoms with van der Waals surface area (Å²) in [5, 5.41) is 3.40. The van der Waals surface area contributed by atoms with E-state index < -0.39 is 0 Å². The number of methoxy groups -OCH3 is 2. The fourth-order valence-corrected chi connectivity index (χ4v) is 2.40. The Bertz CT molecular complexity index is 337. The van der Waals surface area contributed by atoms with E-state index in [1.165, 1.54) is 18.4 Å². The minimum absolute atomic E-state index is 0.785. The summed E-state index contributed by atoms with van der Waals surface area (Å²) >= 11 is 0. The molecule has 17 heavy (non-hydrogen) atoms. The molecule has 0 atom stereocenters. The third-order valence-electron chi connectivity index (χ3n) is 3.39. The number of rotatable bonds is 4. The molecule has 0 unspecified atom stereocenters. The molecule has 1 aliphatic heterocycles. The summed E-state index contributed by atoms with van der Waals surface area (Å²) in [4.78, 5) is 0. The van der Waals surface area contributed by atoms with Gasteiger partial charge in [0, 0.05) is 6.07 Å². The SMILES string of the molecule is COc1cc(CC2CCNCC2)cc(OC)c1. The number of benzene rings is 1. The van der Waals surface area contributed by atoms with Gasteiger partial charge in [0.15, 0.2) is 0 Å². The highest BCUT2D eigenvalue weighted by Gasteiger charge is 2.14. The maximum Gasteiger partial charge on any atom is 0.122 e. The van der Waals surface area contributed by atoms with Gasteiger partial charge in [0.2, 0.25) is 0 Å². The lowest BCUT2D eigenvalue weighted by Gasteiger charge is -2.22. The molecule has 1 N–H and O–H groups in total. The second kappa shape index (κ2) is 5.92. The smallest absolute Gasteiger partial charge is 0.122 e. The van der Waals surface area contributed by atoms with Gasteiger partial charge in [0.25, 0.3) is 0 Å². The molecule has 1 heterocycles. The molecule has 0 amide bonds. The number of piperidine rings is 1. The van der Waals surface area contributed by atoms with Gasteiger partial charge in [-0.3, -0.25) is 0 Å². The second-order valence-electron chi connectivity index (χ2n) is 4.62. The Hall–Kier alpha value is -1.22. The Balaban J connectivity index is 2.07. The van der Waals surface area contributed by atoms with Crippen molar-refractivity contribution in [1.82, 2.24) is 5.32 Å². The van der Waals surface area contributed by atoms with Crippen molar-refractivity contribution in [3.05, 3.63) is 23.8 Å². The molecule has 1 saturated heterocycles. The van der Waals surface area contributed by atoms with Crippen molar-refractivity contribution in [3.63, 3.8) is 0 Å². The van der Waals surface area contributed by atoms with Gasteiger partial charge in [-0.25, -0.2) is 0 Å².